The Hall–Kier alpha value is -7.62. The highest BCUT2D eigenvalue weighted by atomic mass is 16.3. The summed E-state index contributed by atoms with van der Waals surface area (Å²) in [6.07, 6.45) is -0.185. The fourth-order valence-electron chi connectivity index (χ4n) is 8.72. The molecular formula is C55H38N2O. The summed E-state index contributed by atoms with van der Waals surface area (Å²) in [7, 11) is 0. The number of hydrogen-bond donors (Lipinski definition) is 1. The number of rotatable bonds is 7. The monoisotopic (exact) mass is 742 g/mol. The van der Waals surface area contributed by atoms with E-state index in [1.165, 1.54) is 33.4 Å². The summed E-state index contributed by atoms with van der Waals surface area (Å²) in [6, 6.07) is 78.0. The maximum Gasteiger partial charge on any atom is 0.143 e. The zero-order valence-electron chi connectivity index (χ0n) is 31.7. The van der Waals surface area contributed by atoms with E-state index >= 15 is 0 Å². The molecule has 1 aromatic heterocycles. The van der Waals surface area contributed by atoms with Crippen molar-refractivity contribution in [2.45, 2.75) is 6.17 Å². The Balaban J connectivity index is 1.05. The molecule has 1 N–H and O–H groups in total. The molecule has 2 heterocycles. The van der Waals surface area contributed by atoms with Crippen LogP contribution in [-0.4, -0.2) is 0 Å². The summed E-state index contributed by atoms with van der Waals surface area (Å²) in [5, 5.41) is 6.11. The summed E-state index contributed by atoms with van der Waals surface area (Å²) in [5.74, 6) is 0. The second-order valence-corrected chi connectivity index (χ2v) is 14.9. The Labute approximate surface area is 338 Å². The van der Waals surface area contributed by atoms with Crippen molar-refractivity contribution in [3.05, 3.63) is 224 Å². The number of para-hydroxylation sites is 3. The number of nitrogens with one attached hydrogen (secondary N) is 1. The third kappa shape index (κ3) is 5.84. The number of anilines is 3. The highest BCUT2D eigenvalue weighted by Crippen LogP contribution is 2.50. The highest BCUT2D eigenvalue weighted by Gasteiger charge is 2.34. The van der Waals surface area contributed by atoms with Gasteiger partial charge >= 0.3 is 0 Å². The van der Waals surface area contributed by atoms with Gasteiger partial charge in [0.25, 0.3) is 0 Å². The van der Waals surface area contributed by atoms with Crippen molar-refractivity contribution in [3.8, 4) is 55.6 Å². The van der Waals surface area contributed by atoms with Crippen molar-refractivity contribution in [3.63, 3.8) is 0 Å². The van der Waals surface area contributed by atoms with Gasteiger partial charge < -0.3 is 14.6 Å². The molecule has 0 spiro atoms. The first-order valence-electron chi connectivity index (χ1n) is 19.9. The van der Waals surface area contributed by atoms with Gasteiger partial charge in [0.05, 0.1) is 11.4 Å². The van der Waals surface area contributed by atoms with E-state index in [2.05, 4.69) is 229 Å². The highest BCUT2D eigenvalue weighted by molar-refractivity contribution is 6.14. The van der Waals surface area contributed by atoms with Gasteiger partial charge in [-0.05, 0) is 80.9 Å². The lowest BCUT2D eigenvalue weighted by atomic mass is 9.93. The van der Waals surface area contributed by atoms with Crippen LogP contribution >= 0.6 is 0 Å². The van der Waals surface area contributed by atoms with Crippen LogP contribution in [0, 0.1) is 0 Å². The molecule has 9 aromatic carbocycles. The minimum atomic E-state index is -0.185. The predicted octanol–water partition coefficient (Wildman–Crippen LogP) is 15.2. The van der Waals surface area contributed by atoms with Crippen LogP contribution in [0.15, 0.2) is 223 Å². The van der Waals surface area contributed by atoms with Crippen LogP contribution in [0.4, 0.5) is 17.1 Å². The fourth-order valence-corrected chi connectivity index (χ4v) is 8.72. The van der Waals surface area contributed by atoms with Gasteiger partial charge in [0.2, 0.25) is 0 Å². The molecular weight excluding hydrogens is 705 g/mol. The molecule has 1 atom stereocenters. The number of furan rings is 1. The van der Waals surface area contributed by atoms with E-state index in [-0.39, 0.29) is 6.17 Å². The van der Waals surface area contributed by atoms with Crippen LogP contribution in [0.5, 0.6) is 0 Å². The Bertz CT molecular complexity index is 3080. The van der Waals surface area contributed by atoms with Crippen LogP contribution in [-0.2, 0) is 0 Å². The van der Waals surface area contributed by atoms with Crippen molar-refractivity contribution in [1.82, 2.24) is 0 Å². The Morgan fingerprint density at radius 1 is 0.379 bits per heavy atom. The quantitative estimate of drug-likeness (QED) is 0.176. The minimum absolute atomic E-state index is 0.185. The van der Waals surface area contributed by atoms with Gasteiger partial charge in [-0.1, -0.05) is 182 Å². The molecule has 3 nitrogen and oxygen atoms in total. The SMILES string of the molecule is c1ccc(-c2ccc(N3c4ccccc4NC3c3ccc4c(oc5c(-c6cccc(-c7cccc(-c8ccccc8)c7)c6)cccc54)c3-c3ccccc3)cc2)cc1. The first-order valence-corrected chi connectivity index (χ1v) is 19.9. The zero-order valence-corrected chi connectivity index (χ0v) is 31.7. The topological polar surface area (TPSA) is 28.4 Å². The van der Waals surface area contributed by atoms with Gasteiger partial charge in [0.1, 0.15) is 17.3 Å². The average molecular weight is 743 g/mol. The number of fused-ring (bicyclic) bond motifs is 4. The maximum atomic E-state index is 7.18. The molecule has 0 bridgehead atoms. The van der Waals surface area contributed by atoms with Crippen molar-refractivity contribution in [2.24, 2.45) is 0 Å². The maximum absolute atomic E-state index is 7.18. The summed E-state index contributed by atoms with van der Waals surface area (Å²) in [5.41, 5.74) is 17.8. The zero-order chi connectivity index (χ0) is 38.4. The van der Waals surface area contributed by atoms with Crippen molar-refractivity contribution in [1.29, 1.82) is 0 Å². The van der Waals surface area contributed by atoms with E-state index in [4.69, 9.17) is 4.42 Å². The Morgan fingerprint density at radius 2 is 0.897 bits per heavy atom. The Kier molecular flexibility index (Phi) is 8.22. The van der Waals surface area contributed by atoms with E-state index in [0.29, 0.717) is 0 Å². The lowest BCUT2D eigenvalue weighted by Crippen LogP contribution is -2.24. The number of hydrogen-bond acceptors (Lipinski definition) is 3. The summed E-state index contributed by atoms with van der Waals surface area (Å²) in [6.45, 7) is 0. The van der Waals surface area contributed by atoms with Gasteiger partial charge in [-0.2, -0.15) is 0 Å². The Morgan fingerprint density at radius 3 is 1.60 bits per heavy atom. The second kappa shape index (κ2) is 14.1. The number of benzene rings is 9. The van der Waals surface area contributed by atoms with E-state index in [9.17, 15) is 0 Å². The van der Waals surface area contributed by atoms with Gasteiger partial charge in [-0.15, -0.1) is 0 Å². The molecule has 11 rings (SSSR count). The molecule has 0 aliphatic carbocycles. The molecule has 0 saturated heterocycles. The lowest BCUT2D eigenvalue weighted by molar-refractivity contribution is 0.669. The van der Waals surface area contributed by atoms with Crippen LogP contribution in [0.3, 0.4) is 0 Å². The smallest absolute Gasteiger partial charge is 0.143 e. The van der Waals surface area contributed by atoms with Crippen molar-refractivity contribution < 1.29 is 4.42 Å². The molecule has 10 aromatic rings. The molecule has 1 aliphatic heterocycles. The molecule has 0 amide bonds. The van der Waals surface area contributed by atoms with Gasteiger partial charge in [0.15, 0.2) is 0 Å². The van der Waals surface area contributed by atoms with Crippen LogP contribution in [0.1, 0.15) is 11.7 Å². The fraction of sp³-hybridized carbons (Fsp3) is 0.0182. The van der Waals surface area contributed by atoms with Gasteiger partial charge in [-0.25, -0.2) is 0 Å². The van der Waals surface area contributed by atoms with E-state index in [1.54, 1.807) is 0 Å². The van der Waals surface area contributed by atoms with E-state index < -0.39 is 0 Å². The molecule has 1 unspecified atom stereocenters. The third-order valence-corrected chi connectivity index (χ3v) is 11.5. The first-order chi connectivity index (χ1) is 28.8. The summed E-state index contributed by atoms with van der Waals surface area (Å²) in [4.78, 5) is 2.42. The molecule has 3 heteroatoms. The third-order valence-electron chi connectivity index (χ3n) is 11.5. The molecule has 58 heavy (non-hydrogen) atoms. The second-order valence-electron chi connectivity index (χ2n) is 14.9. The van der Waals surface area contributed by atoms with E-state index in [0.717, 1.165) is 66.8 Å². The standard InChI is InChI=1S/C55H38N2O/c1-4-15-37(16-5-1)39-29-31-45(32-30-39)57-51-28-11-10-27-50(51)56-55(57)49-34-33-48-47-26-14-25-46(53(47)58-54(48)52(49)40-19-8-3-9-20-40)44-24-13-23-43(36-44)42-22-12-21-41(35-42)38-17-6-2-7-18-38/h1-36,55-56H. The molecule has 1 aliphatic rings. The predicted molar refractivity (Wildman–Crippen MR) is 242 cm³/mol. The van der Waals surface area contributed by atoms with Crippen LogP contribution in [0.25, 0.3) is 77.6 Å². The minimum Gasteiger partial charge on any atom is -0.455 e. The van der Waals surface area contributed by atoms with Crippen molar-refractivity contribution in [2.75, 3.05) is 10.2 Å². The van der Waals surface area contributed by atoms with Crippen molar-refractivity contribution >= 4 is 39.0 Å². The van der Waals surface area contributed by atoms with Crippen LogP contribution in [0.2, 0.25) is 0 Å². The number of nitrogens with zero attached hydrogens (tertiary/aromatic N) is 1. The van der Waals surface area contributed by atoms with Gasteiger partial charge in [-0.3, -0.25) is 0 Å². The molecule has 0 radical (unpaired) electrons. The summed E-state index contributed by atoms with van der Waals surface area (Å²) < 4.78 is 7.18. The molecule has 0 saturated carbocycles. The molecule has 0 fully saturated rings. The lowest BCUT2D eigenvalue weighted by Gasteiger charge is -2.29. The average Bonchev–Trinajstić information content (AvgIpc) is 3.89. The normalized spacial score (nSPS) is 13.4. The first kappa shape index (κ1) is 33.7. The van der Waals surface area contributed by atoms with Crippen LogP contribution < -0.4 is 10.2 Å². The molecule has 274 valence electrons. The summed E-state index contributed by atoms with van der Waals surface area (Å²) >= 11 is 0. The largest absolute Gasteiger partial charge is 0.455 e. The van der Waals surface area contributed by atoms with E-state index in [1.807, 2.05) is 0 Å². The van der Waals surface area contributed by atoms with Gasteiger partial charge in [0, 0.05) is 33.2 Å².